The van der Waals surface area contributed by atoms with E-state index in [1.165, 1.54) is 24.5 Å². The molecule has 1 heterocycles. The Labute approximate surface area is 131 Å². The van der Waals surface area contributed by atoms with E-state index in [0.29, 0.717) is 17.8 Å². The van der Waals surface area contributed by atoms with Crippen LogP contribution in [0.2, 0.25) is 0 Å². The van der Waals surface area contributed by atoms with Gasteiger partial charge in [-0.2, -0.15) is 0 Å². The number of carbonyl (C=O) groups is 1. The van der Waals surface area contributed by atoms with Gasteiger partial charge in [-0.1, -0.05) is 6.07 Å². The first-order valence-corrected chi connectivity index (χ1v) is 8.81. The Bertz CT molecular complexity index is 650. The van der Waals surface area contributed by atoms with E-state index in [1.54, 1.807) is 19.1 Å². The molecule has 122 valence electrons. The van der Waals surface area contributed by atoms with Crippen LogP contribution >= 0.6 is 0 Å². The Kier molecular flexibility index (Phi) is 5.20. The molecule has 1 aliphatic heterocycles. The Morgan fingerprint density at radius 1 is 1.36 bits per heavy atom. The van der Waals surface area contributed by atoms with Crippen LogP contribution in [0.15, 0.2) is 23.1 Å². The van der Waals surface area contributed by atoms with E-state index < -0.39 is 10.0 Å². The SMILES string of the molecule is Cc1ccc(NC(=O)[C@@H]2CCCNC2)cc1S(=O)(=O)N(C)C. The van der Waals surface area contributed by atoms with Crippen molar-refractivity contribution in [1.29, 1.82) is 0 Å². The normalized spacial score (nSPS) is 19.2. The smallest absolute Gasteiger partial charge is 0.242 e. The van der Waals surface area contributed by atoms with Crippen LogP contribution in [-0.4, -0.2) is 45.8 Å². The highest BCUT2D eigenvalue weighted by Crippen LogP contribution is 2.23. The van der Waals surface area contributed by atoms with E-state index >= 15 is 0 Å². The van der Waals surface area contributed by atoms with Crippen LogP contribution in [0.1, 0.15) is 18.4 Å². The first-order chi connectivity index (χ1) is 10.3. The highest BCUT2D eigenvalue weighted by molar-refractivity contribution is 7.89. The first kappa shape index (κ1) is 16.9. The number of carbonyl (C=O) groups excluding carboxylic acids is 1. The summed E-state index contributed by atoms with van der Waals surface area (Å²) < 4.78 is 25.8. The highest BCUT2D eigenvalue weighted by Gasteiger charge is 2.23. The Morgan fingerprint density at radius 2 is 2.09 bits per heavy atom. The quantitative estimate of drug-likeness (QED) is 0.871. The topological polar surface area (TPSA) is 78.5 Å². The zero-order chi connectivity index (χ0) is 16.3. The van der Waals surface area contributed by atoms with E-state index in [4.69, 9.17) is 0 Å². The summed E-state index contributed by atoms with van der Waals surface area (Å²) in [6.45, 7) is 3.35. The fraction of sp³-hybridized carbons (Fsp3) is 0.533. The molecule has 0 radical (unpaired) electrons. The molecule has 1 aromatic rings. The van der Waals surface area contributed by atoms with Gasteiger partial charge in [0.15, 0.2) is 0 Å². The summed E-state index contributed by atoms with van der Waals surface area (Å²) in [5, 5.41) is 6.03. The molecule has 2 rings (SSSR count). The molecule has 0 saturated carbocycles. The van der Waals surface area contributed by atoms with Gasteiger partial charge in [-0.3, -0.25) is 4.79 Å². The van der Waals surface area contributed by atoms with Gasteiger partial charge in [-0.05, 0) is 44.0 Å². The van der Waals surface area contributed by atoms with Gasteiger partial charge in [0.2, 0.25) is 15.9 Å². The molecule has 1 atom stereocenters. The summed E-state index contributed by atoms with van der Waals surface area (Å²) in [7, 11) is -0.533. The van der Waals surface area contributed by atoms with E-state index in [1.807, 2.05) is 0 Å². The van der Waals surface area contributed by atoms with Crippen molar-refractivity contribution in [3.05, 3.63) is 23.8 Å². The molecule has 1 aliphatic rings. The third kappa shape index (κ3) is 3.66. The number of rotatable bonds is 4. The van der Waals surface area contributed by atoms with Gasteiger partial charge < -0.3 is 10.6 Å². The molecule has 0 aromatic heterocycles. The number of hydrogen-bond donors (Lipinski definition) is 2. The summed E-state index contributed by atoms with van der Waals surface area (Å²) >= 11 is 0. The van der Waals surface area contributed by atoms with Crippen LogP contribution in [0, 0.1) is 12.8 Å². The second kappa shape index (κ2) is 6.76. The molecule has 0 bridgehead atoms. The molecule has 1 saturated heterocycles. The zero-order valence-electron chi connectivity index (χ0n) is 13.2. The average Bonchev–Trinajstić information content (AvgIpc) is 2.49. The third-order valence-electron chi connectivity index (χ3n) is 3.88. The number of nitrogens with zero attached hydrogens (tertiary/aromatic N) is 1. The fourth-order valence-corrected chi connectivity index (χ4v) is 3.62. The number of aryl methyl sites for hydroxylation is 1. The summed E-state index contributed by atoms with van der Waals surface area (Å²) in [6.07, 6.45) is 1.83. The summed E-state index contributed by atoms with van der Waals surface area (Å²) in [5.41, 5.74) is 1.17. The van der Waals surface area contributed by atoms with Crippen LogP contribution in [0.5, 0.6) is 0 Å². The van der Waals surface area contributed by atoms with Gasteiger partial charge in [0.05, 0.1) is 10.8 Å². The number of piperidine rings is 1. The maximum atomic E-state index is 12.3. The van der Waals surface area contributed by atoms with Gasteiger partial charge in [0.1, 0.15) is 0 Å². The molecular formula is C15H23N3O3S. The maximum Gasteiger partial charge on any atom is 0.242 e. The van der Waals surface area contributed by atoms with Crippen LogP contribution < -0.4 is 10.6 Å². The molecule has 22 heavy (non-hydrogen) atoms. The lowest BCUT2D eigenvalue weighted by molar-refractivity contribution is -0.120. The minimum atomic E-state index is -3.52. The van der Waals surface area contributed by atoms with Crippen molar-refractivity contribution in [3.63, 3.8) is 0 Å². The molecule has 1 aromatic carbocycles. The number of amides is 1. The average molecular weight is 325 g/mol. The van der Waals surface area contributed by atoms with E-state index in [2.05, 4.69) is 10.6 Å². The number of hydrogen-bond acceptors (Lipinski definition) is 4. The highest BCUT2D eigenvalue weighted by atomic mass is 32.2. The second-order valence-corrected chi connectivity index (χ2v) is 7.92. The largest absolute Gasteiger partial charge is 0.326 e. The van der Waals surface area contributed by atoms with Crippen LogP contribution in [0.3, 0.4) is 0 Å². The maximum absolute atomic E-state index is 12.3. The molecule has 1 amide bonds. The third-order valence-corrected chi connectivity index (χ3v) is 5.84. The van der Waals surface area contributed by atoms with Crippen molar-refractivity contribution in [1.82, 2.24) is 9.62 Å². The fourth-order valence-electron chi connectivity index (χ4n) is 2.47. The summed E-state index contributed by atoms with van der Waals surface area (Å²) in [5.74, 6) is -0.131. The molecule has 1 fully saturated rings. The summed E-state index contributed by atoms with van der Waals surface area (Å²) in [6, 6.07) is 4.97. The predicted octanol–water partition coefficient (Wildman–Crippen LogP) is 1.18. The van der Waals surface area contributed by atoms with Gasteiger partial charge in [0, 0.05) is 26.3 Å². The van der Waals surface area contributed by atoms with Crippen molar-refractivity contribution in [3.8, 4) is 0 Å². The number of anilines is 1. The number of nitrogens with one attached hydrogen (secondary N) is 2. The standard InChI is InChI=1S/C15H23N3O3S/c1-11-6-7-13(9-14(11)22(20,21)18(2)3)17-15(19)12-5-4-8-16-10-12/h6-7,9,12,16H,4-5,8,10H2,1-3H3,(H,17,19)/t12-/m1/s1. The molecule has 0 spiro atoms. The minimum absolute atomic E-state index is 0.0655. The van der Waals surface area contributed by atoms with Gasteiger partial charge in [-0.15, -0.1) is 0 Å². The Hall–Kier alpha value is -1.44. The van der Waals surface area contributed by atoms with E-state index in [9.17, 15) is 13.2 Å². The zero-order valence-corrected chi connectivity index (χ0v) is 14.0. The number of sulfonamides is 1. The lowest BCUT2D eigenvalue weighted by Gasteiger charge is -2.22. The molecule has 6 nitrogen and oxygen atoms in total. The Balaban J connectivity index is 2.21. The van der Waals surface area contributed by atoms with Crippen molar-refractivity contribution < 1.29 is 13.2 Å². The molecule has 2 N–H and O–H groups in total. The summed E-state index contributed by atoms with van der Waals surface area (Å²) in [4.78, 5) is 12.5. The Morgan fingerprint density at radius 3 is 2.68 bits per heavy atom. The predicted molar refractivity (Wildman–Crippen MR) is 86.3 cm³/mol. The van der Waals surface area contributed by atoms with Crippen molar-refractivity contribution in [2.75, 3.05) is 32.5 Å². The van der Waals surface area contributed by atoms with Crippen molar-refractivity contribution in [2.24, 2.45) is 5.92 Å². The van der Waals surface area contributed by atoms with Gasteiger partial charge in [-0.25, -0.2) is 12.7 Å². The van der Waals surface area contributed by atoms with Crippen molar-refractivity contribution >= 4 is 21.6 Å². The lowest BCUT2D eigenvalue weighted by Crippen LogP contribution is -2.37. The first-order valence-electron chi connectivity index (χ1n) is 7.37. The molecule has 0 aliphatic carbocycles. The van der Waals surface area contributed by atoms with E-state index in [-0.39, 0.29) is 16.7 Å². The monoisotopic (exact) mass is 325 g/mol. The minimum Gasteiger partial charge on any atom is -0.326 e. The van der Waals surface area contributed by atoms with E-state index in [0.717, 1.165) is 19.4 Å². The molecule has 0 unspecified atom stereocenters. The van der Waals surface area contributed by atoms with Crippen molar-refractivity contribution in [2.45, 2.75) is 24.7 Å². The van der Waals surface area contributed by atoms with Crippen LogP contribution in [-0.2, 0) is 14.8 Å². The van der Waals surface area contributed by atoms with Gasteiger partial charge >= 0.3 is 0 Å². The van der Waals surface area contributed by atoms with Crippen LogP contribution in [0.4, 0.5) is 5.69 Å². The lowest BCUT2D eigenvalue weighted by atomic mass is 9.99. The van der Waals surface area contributed by atoms with Crippen LogP contribution in [0.25, 0.3) is 0 Å². The molecule has 7 heteroatoms. The number of benzene rings is 1. The second-order valence-electron chi connectivity index (χ2n) is 5.80. The molecular weight excluding hydrogens is 302 g/mol. The van der Waals surface area contributed by atoms with Gasteiger partial charge in [0.25, 0.3) is 0 Å².